The van der Waals surface area contributed by atoms with Crippen LogP contribution in [0, 0.1) is 6.92 Å². The van der Waals surface area contributed by atoms with Crippen molar-refractivity contribution in [2.24, 2.45) is 5.16 Å². The van der Waals surface area contributed by atoms with Gasteiger partial charge in [0.25, 0.3) is 0 Å². The maximum atomic E-state index is 12.0. The normalized spacial score (nSPS) is 14.5. The van der Waals surface area contributed by atoms with E-state index in [1.165, 1.54) is 0 Å². The number of rotatable bonds is 5. The molecule has 1 aromatic carbocycles. The van der Waals surface area contributed by atoms with Gasteiger partial charge in [-0.25, -0.2) is 8.42 Å². The van der Waals surface area contributed by atoms with E-state index in [0.717, 1.165) is 5.56 Å². The fourth-order valence-corrected chi connectivity index (χ4v) is 3.36. The van der Waals surface area contributed by atoms with Gasteiger partial charge in [0, 0.05) is 11.3 Å². The lowest BCUT2D eigenvalue weighted by molar-refractivity contribution is 0.318. The van der Waals surface area contributed by atoms with Gasteiger partial charge in [0.2, 0.25) is 0 Å². The van der Waals surface area contributed by atoms with Crippen LogP contribution in [0.2, 0.25) is 0 Å². The third-order valence-electron chi connectivity index (χ3n) is 2.93. The summed E-state index contributed by atoms with van der Waals surface area (Å²) in [7, 11) is -3.27. The summed E-state index contributed by atoms with van der Waals surface area (Å²) in [5.74, 6) is 0.0380. The highest BCUT2D eigenvalue weighted by atomic mass is 32.2. The molecule has 1 N–H and O–H groups in total. The van der Waals surface area contributed by atoms with Crippen molar-refractivity contribution in [3.8, 4) is 0 Å². The van der Waals surface area contributed by atoms with Crippen LogP contribution in [-0.4, -0.2) is 30.3 Å². The molecule has 0 aliphatic heterocycles. The first-order chi connectivity index (χ1) is 8.46. The summed E-state index contributed by atoms with van der Waals surface area (Å²) in [6.45, 7) is 5.29. The molecule has 0 saturated heterocycles. The monoisotopic (exact) mass is 269 g/mol. The summed E-state index contributed by atoms with van der Waals surface area (Å²) >= 11 is 0. The molecule has 0 saturated carbocycles. The SMILES string of the molecule is CC[C@@H](/C(=N\O)c1cccc(C)c1)S(=O)(=O)CC. The predicted octanol–water partition coefficient (Wildman–Crippen LogP) is 2.39. The number of hydrogen-bond donors (Lipinski definition) is 1. The molecule has 0 bridgehead atoms. The van der Waals surface area contributed by atoms with Crippen LogP contribution < -0.4 is 0 Å². The fourth-order valence-electron chi connectivity index (χ4n) is 1.93. The highest BCUT2D eigenvalue weighted by Gasteiger charge is 2.28. The van der Waals surface area contributed by atoms with Crippen molar-refractivity contribution < 1.29 is 13.6 Å². The van der Waals surface area contributed by atoms with Crippen molar-refractivity contribution >= 4 is 15.5 Å². The molecule has 0 unspecified atom stereocenters. The lowest BCUT2D eigenvalue weighted by atomic mass is 10.0. The smallest absolute Gasteiger partial charge is 0.158 e. The Morgan fingerprint density at radius 3 is 2.50 bits per heavy atom. The van der Waals surface area contributed by atoms with E-state index in [0.29, 0.717) is 12.0 Å². The van der Waals surface area contributed by atoms with E-state index in [4.69, 9.17) is 5.21 Å². The highest BCUT2D eigenvalue weighted by Crippen LogP contribution is 2.16. The van der Waals surface area contributed by atoms with Crippen LogP contribution in [0.1, 0.15) is 31.4 Å². The second kappa shape index (κ2) is 6.00. The summed E-state index contributed by atoms with van der Waals surface area (Å²) in [5.41, 5.74) is 1.88. The lowest BCUT2D eigenvalue weighted by Crippen LogP contribution is -2.32. The van der Waals surface area contributed by atoms with Crippen LogP contribution in [0.4, 0.5) is 0 Å². The quantitative estimate of drug-likeness (QED) is 0.507. The largest absolute Gasteiger partial charge is 0.411 e. The van der Waals surface area contributed by atoms with Crippen LogP contribution in [0.25, 0.3) is 0 Å². The molecule has 0 aliphatic rings. The van der Waals surface area contributed by atoms with E-state index in [1.807, 2.05) is 25.1 Å². The molecule has 4 nitrogen and oxygen atoms in total. The van der Waals surface area contributed by atoms with Gasteiger partial charge in [-0.3, -0.25) is 0 Å². The average molecular weight is 269 g/mol. The van der Waals surface area contributed by atoms with Gasteiger partial charge in [-0.05, 0) is 13.3 Å². The second-order valence-corrected chi connectivity index (χ2v) is 6.68. The highest BCUT2D eigenvalue weighted by molar-refractivity contribution is 7.92. The van der Waals surface area contributed by atoms with Crippen LogP contribution in [0.15, 0.2) is 29.4 Å². The molecule has 1 rings (SSSR count). The van der Waals surface area contributed by atoms with Crippen molar-refractivity contribution in [2.45, 2.75) is 32.4 Å². The summed E-state index contributed by atoms with van der Waals surface area (Å²) in [5, 5.41) is 11.6. The molecule has 1 atom stereocenters. The molecule has 0 fully saturated rings. The van der Waals surface area contributed by atoms with E-state index in [1.54, 1.807) is 19.9 Å². The van der Waals surface area contributed by atoms with Crippen LogP contribution in [0.3, 0.4) is 0 Å². The van der Waals surface area contributed by atoms with E-state index in [-0.39, 0.29) is 11.5 Å². The molecule has 0 aromatic heterocycles. The zero-order valence-electron chi connectivity index (χ0n) is 10.9. The molecular weight excluding hydrogens is 250 g/mol. The molecule has 100 valence electrons. The van der Waals surface area contributed by atoms with Gasteiger partial charge in [0.1, 0.15) is 11.0 Å². The number of sulfone groups is 1. The minimum absolute atomic E-state index is 0.0380. The van der Waals surface area contributed by atoms with Gasteiger partial charge < -0.3 is 5.21 Å². The first kappa shape index (κ1) is 14.7. The van der Waals surface area contributed by atoms with E-state index in [9.17, 15) is 8.42 Å². The molecule has 0 radical (unpaired) electrons. The van der Waals surface area contributed by atoms with Gasteiger partial charge in [0.15, 0.2) is 9.84 Å². The Morgan fingerprint density at radius 2 is 2.06 bits per heavy atom. The Labute approximate surface area is 108 Å². The van der Waals surface area contributed by atoms with Crippen LogP contribution in [-0.2, 0) is 9.84 Å². The summed E-state index contributed by atoms with van der Waals surface area (Å²) in [4.78, 5) is 0. The van der Waals surface area contributed by atoms with Crippen molar-refractivity contribution in [2.75, 3.05) is 5.75 Å². The Bertz CT molecular complexity index is 535. The summed E-state index contributed by atoms with van der Waals surface area (Å²) < 4.78 is 24.0. The van der Waals surface area contributed by atoms with Gasteiger partial charge in [-0.2, -0.15) is 0 Å². The summed E-state index contributed by atoms with van der Waals surface area (Å²) in [6.07, 6.45) is 0.392. The predicted molar refractivity (Wildman–Crippen MR) is 73.0 cm³/mol. The van der Waals surface area contributed by atoms with Gasteiger partial charge >= 0.3 is 0 Å². The molecule has 0 aliphatic carbocycles. The molecule has 0 amide bonds. The maximum absolute atomic E-state index is 12.0. The molecule has 0 spiro atoms. The van der Waals surface area contributed by atoms with Crippen LogP contribution >= 0.6 is 0 Å². The molecule has 5 heteroatoms. The first-order valence-electron chi connectivity index (χ1n) is 5.96. The average Bonchev–Trinajstić information content (AvgIpc) is 2.35. The van der Waals surface area contributed by atoms with E-state index in [2.05, 4.69) is 5.16 Å². The topological polar surface area (TPSA) is 66.7 Å². The maximum Gasteiger partial charge on any atom is 0.158 e. The second-order valence-electron chi connectivity index (χ2n) is 4.20. The molecule has 1 aromatic rings. The minimum Gasteiger partial charge on any atom is -0.411 e. The van der Waals surface area contributed by atoms with Crippen LogP contribution in [0.5, 0.6) is 0 Å². The Balaban J connectivity index is 3.26. The zero-order chi connectivity index (χ0) is 13.8. The molecule has 18 heavy (non-hydrogen) atoms. The van der Waals surface area contributed by atoms with Gasteiger partial charge in [-0.15, -0.1) is 0 Å². The zero-order valence-corrected chi connectivity index (χ0v) is 11.7. The Kier molecular flexibility index (Phi) is 4.90. The number of nitrogens with zero attached hydrogens (tertiary/aromatic N) is 1. The van der Waals surface area contributed by atoms with Crippen molar-refractivity contribution in [1.29, 1.82) is 0 Å². The first-order valence-corrected chi connectivity index (χ1v) is 7.68. The minimum atomic E-state index is -3.27. The van der Waals surface area contributed by atoms with Crippen molar-refractivity contribution in [3.05, 3.63) is 35.4 Å². The Morgan fingerprint density at radius 1 is 1.39 bits per heavy atom. The number of aryl methyl sites for hydroxylation is 1. The third kappa shape index (κ3) is 3.10. The van der Waals surface area contributed by atoms with E-state index >= 15 is 0 Å². The van der Waals surface area contributed by atoms with Crippen molar-refractivity contribution in [3.63, 3.8) is 0 Å². The lowest BCUT2D eigenvalue weighted by Gasteiger charge is -2.16. The number of hydrogen-bond acceptors (Lipinski definition) is 4. The third-order valence-corrected chi connectivity index (χ3v) is 5.16. The molecular formula is C13H19NO3S. The number of oxime groups is 1. The van der Waals surface area contributed by atoms with Crippen molar-refractivity contribution in [1.82, 2.24) is 0 Å². The Hall–Kier alpha value is -1.36. The van der Waals surface area contributed by atoms with Gasteiger partial charge in [0.05, 0.1) is 0 Å². The standard InChI is InChI=1S/C13H19NO3S/c1-4-12(18(16,17)5-2)13(14-15)11-8-6-7-10(3)9-11/h6-9,12,15H,4-5H2,1-3H3/b14-13-/t12-/m0/s1. The summed E-state index contributed by atoms with van der Waals surface area (Å²) in [6, 6.07) is 7.31. The van der Waals surface area contributed by atoms with Gasteiger partial charge in [-0.1, -0.05) is 48.8 Å². The number of benzene rings is 1. The van der Waals surface area contributed by atoms with E-state index < -0.39 is 15.1 Å². The molecule has 0 heterocycles. The fraction of sp³-hybridized carbons (Fsp3) is 0.462.